The van der Waals surface area contributed by atoms with E-state index in [0.29, 0.717) is 5.56 Å². The molecule has 3 rings (SSSR count). The van der Waals surface area contributed by atoms with Crippen molar-refractivity contribution in [2.45, 2.75) is 43.8 Å². The number of esters is 1. The molecular formula is C19H31N2O3+. The molecule has 1 saturated carbocycles. The first-order valence-corrected chi connectivity index (χ1v) is 8.73. The molecule has 1 aromatic rings. The third kappa shape index (κ3) is 3.63. The Morgan fingerprint density at radius 1 is 1.17 bits per heavy atom. The average Bonchev–Trinajstić information content (AvgIpc) is 3.17. The standard InChI is InChI=1S/C19H28NO3.H3N/c1-20(2)13-12-17(14-20)23-18(21)19(22,16-10-6-7-11-16)15-8-4-3-5-9-15;/h3-5,8-9,16-17,22H,6-7,10-14H2,1-2H3;1H3/q+1;. The number of quaternary nitrogens is 1. The molecule has 1 saturated heterocycles. The summed E-state index contributed by atoms with van der Waals surface area (Å²) in [5.74, 6) is -0.496. The van der Waals surface area contributed by atoms with Gasteiger partial charge in [-0.2, -0.15) is 0 Å². The number of likely N-dealkylation sites (tertiary alicyclic amines) is 1. The fourth-order valence-corrected chi connectivity index (χ4v) is 4.12. The molecule has 0 bridgehead atoms. The summed E-state index contributed by atoms with van der Waals surface area (Å²) in [6.07, 6.45) is 4.68. The van der Waals surface area contributed by atoms with Crippen molar-refractivity contribution in [1.29, 1.82) is 0 Å². The molecule has 2 fully saturated rings. The van der Waals surface area contributed by atoms with Crippen LogP contribution in [0.5, 0.6) is 0 Å². The predicted molar refractivity (Wildman–Crippen MR) is 93.7 cm³/mol. The highest BCUT2D eigenvalue weighted by Crippen LogP contribution is 2.42. The summed E-state index contributed by atoms with van der Waals surface area (Å²) in [5, 5.41) is 11.4. The lowest BCUT2D eigenvalue weighted by Crippen LogP contribution is -2.46. The van der Waals surface area contributed by atoms with Crippen LogP contribution in [0, 0.1) is 5.92 Å². The van der Waals surface area contributed by atoms with Gasteiger partial charge < -0.3 is 20.5 Å². The van der Waals surface area contributed by atoms with Crippen LogP contribution in [0.1, 0.15) is 37.7 Å². The first-order chi connectivity index (χ1) is 10.9. The van der Waals surface area contributed by atoms with E-state index in [1.807, 2.05) is 30.3 Å². The highest BCUT2D eigenvalue weighted by molar-refractivity contribution is 5.81. The highest BCUT2D eigenvalue weighted by atomic mass is 16.6. The van der Waals surface area contributed by atoms with E-state index in [1.165, 1.54) is 0 Å². The van der Waals surface area contributed by atoms with E-state index < -0.39 is 11.6 Å². The number of hydrogen-bond acceptors (Lipinski definition) is 4. The molecule has 0 amide bonds. The van der Waals surface area contributed by atoms with E-state index in [1.54, 1.807) is 0 Å². The van der Waals surface area contributed by atoms with Crippen molar-refractivity contribution >= 4 is 5.97 Å². The Kier molecular flexibility index (Phi) is 5.68. The fraction of sp³-hybridized carbons (Fsp3) is 0.632. The van der Waals surface area contributed by atoms with Gasteiger partial charge in [0.15, 0.2) is 11.7 Å². The quantitative estimate of drug-likeness (QED) is 0.654. The third-order valence-electron chi connectivity index (χ3n) is 5.50. The van der Waals surface area contributed by atoms with Crippen LogP contribution in [0.3, 0.4) is 0 Å². The van der Waals surface area contributed by atoms with Gasteiger partial charge in [-0.15, -0.1) is 0 Å². The van der Waals surface area contributed by atoms with Gasteiger partial charge in [0.2, 0.25) is 0 Å². The van der Waals surface area contributed by atoms with Gasteiger partial charge in [-0.1, -0.05) is 43.2 Å². The average molecular weight is 335 g/mol. The normalized spacial score (nSPS) is 25.7. The molecular weight excluding hydrogens is 304 g/mol. The van der Waals surface area contributed by atoms with Crippen LogP contribution in [0.25, 0.3) is 0 Å². The van der Waals surface area contributed by atoms with Crippen LogP contribution in [0.4, 0.5) is 0 Å². The summed E-state index contributed by atoms with van der Waals surface area (Å²) < 4.78 is 6.64. The minimum Gasteiger partial charge on any atom is -0.454 e. The Morgan fingerprint density at radius 3 is 2.33 bits per heavy atom. The van der Waals surface area contributed by atoms with Gasteiger partial charge in [0.05, 0.1) is 20.6 Å². The molecule has 1 aliphatic heterocycles. The zero-order valence-electron chi connectivity index (χ0n) is 14.9. The van der Waals surface area contributed by atoms with Gasteiger partial charge in [0, 0.05) is 12.3 Å². The molecule has 24 heavy (non-hydrogen) atoms. The summed E-state index contributed by atoms with van der Waals surface area (Å²) in [6.45, 7) is 1.83. The fourth-order valence-electron chi connectivity index (χ4n) is 4.12. The molecule has 2 aliphatic rings. The van der Waals surface area contributed by atoms with E-state index >= 15 is 0 Å². The molecule has 5 nitrogen and oxygen atoms in total. The Labute approximate surface area is 144 Å². The van der Waals surface area contributed by atoms with Crippen molar-refractivity contribution in [1.82, 2.24) is 6.15 Å². The van der Waals surface area contributed by atoms with Crippen LogP contribution in [-0.2, 0) is 15.1 Å². The Bertz CT molecular complexity index is 555. The molecule has 2 atom stereocenters. The lowest BCUT2D eigenvalue weighted by Gasteiger charge is -2.33. The zero-order valence-corrected chi connectivity index (χ0v) is 14.9. The van der Waals surface area contributed by atoms with E-state index in [4.69, 9.17) is 4.74 Å². The largest absolute Gasteiger partial charge is 0.454 e. The predicted octanol–water partition coefficient (Wildman–Crippen LogP) is 2.62. The van der Waals surface area contributed by atoms with Gasteiger partial charge in [-0.05, 0) is 18.4 Å². The number of aliphatic hydroxyl groups is 1. The van der Waals surface area contributed by atoms with Crippen LogP contribution in [-0.4, -0.2) is 48.8 Å². The molecule has 134 valence electrons. The summed E-state index contributed by atoms with van der Waals surface area (Å²) in [7, 11) is 4.29. The molecule has 2 unspecified atom stereocenters. The Hall–Kier alpha value is -1.43. The monoisotopic (exact) mass is 335 g/mol. The second-order valence-corrected chi connectivity index (χ2v) is 7.77. The lowest BCUT2D eigenvalue weighted by molar-refractivity contribution is -0.879. The smallest absolute Gasteiger partial charge is 0.343 e. The van der Waals surface area contributed by atoms with Crippen molar-refractivity contribution in [3.63, 3.8) is 0 Å². The van der Waals surface area contributed by atoms with Crippen LogP contribution in [0.2, 0.25) is 0 Å². The number of likely N-dealkylation sites (N-methyl/N-ethyl adjacent to an activating group) is 1. The second kappa shape index (κ2) is 7.21. The number of hydrogen-bond donors (Lipinski definition) is 2. The number of ether oxygens (including phenoxy) is 1. The lowest BCUT2D eigenvalue weighted by atomic mass is 9.80. The van der Waals surface area contributed by atoms with E-state index in [0.717, 1.165) is 49.7 Å². The summed E-state index contributed by atoms with van der Waals surface area (Å²) in [6, 6.07) is 9.33. The molecule has 5 heteroatoms. The van der Waals surface area contributed by atoms with Gasteiger partial charge in [-0.25, -0.2) is 4.79 Å². The van der Waals surface area contributed by atoms with Crippen LogP contribution < -0.4 is 6.15 Å². The van der Waals surface area contributed by atoms with Crippen molar-refractivity contribution < 1.29 is 19.1 Å². The molecule has 1 aliphatic carbocycles. The highest BCUT2D eigenvalue weighted by Gasteiger charge is 2.49. The number of rotatable bonds is 4. The van der Waals surface area contributed by atoms with Crippen molar-refractivity contribution in [3.05, 3.63) is 35.9 Å². The molecule has 4 N–H and O–H groups in total. The summed E-state index contributed by atoms with van der Waals surface area (Å²) in [4.78, 5) is 12.9. The van der Waals surface area contributed by atoms with E-state index in [9.17, 15) is 9.90 Å². The third-order valence-corrected chi connectivity index (χ3v) is 5.50. The maximum atomic E-state index is 12.9. The topological polar surface area (TPSA) is 81.5 Å². The number of nitrogens with zero attached hydrogens (tertiary/aromatic N) is 1. The SMILES string of the molecule is C[N+]1(C)CCC(OC(=O)C(O)(c2ccccc2)C2CCCC2)C1.N. The van der Waals surface area contributed by atoms with Crippen molar-refractivity contribution in [3.8, 4) is 0 Å². The Morgan fingerprint density at radius 2 is 1.79 bits per heavy atom. The van der Waals surface area contributed by atoms with Gasteiger partial charge in [0.1, 0.15) is 6.54 Å². The van der Waals surface area contributed by atoms with Crippen molar-refractivity contribution in [2.24, 2.45) is 5.92 Å². The summed E-state index contributed by atoms with van der Waals surface area (Å²) in [5.41, 5.74) is -0.832. The number of benzene rings is 1. The maximum absolute atomic E-state index is 12.9. The number of carbonyl (C=O) groups excluding carboxylic acids is 1. The molecule has 1 heterocycles. The van der Waals surface area contributed by atoms with Crippen LogP contribution >= 0.6 is 0 Å². The van der Waals surface area contributed by atoms with Gasteiger partial charge in [-0.3, -0.25) is 0 Å². The first kappa shape index (κ1) is 18.9. The molecule has 0 aromatic heterocycles. The summed E-state index contributed by atoms with van der Waals surface area (Å²) >= 11 is 0. The molecule has 1 aromatic carbocycles. The zero-order chi connectivity index (χ0) is 16.5. The maximum Gasteiger partial charge on any atom is 0.343 e. The molecule has 0 spiro atoms. The first-order valence-electron chi connectivity index (χ1n) is 8.73. The van der Waals surface area contributed by atoms with Crippen molar-refractivity contribution in [2.75, 3.05) is 27.2 Å². The van der Waals surface area contributed by atoms with Crippen LogP contribution in [0.15, 0.2) is 30.3 Å². The Balaban J connectivity index is 0.00000208. The van der Waals surface area contributed by atoms with Gasteiger partial charge >= 0.3 is 5.97 Å². The number of carbonyl (C=O) groups is 1. The second-order valence-electron chi connectivity index (χ2n) is 7.77. The van der Waals surface area contributed by atoms with E-state index in [-0.39, 0.29) is 18.2 Å². The molecule has 0 radical (unpaired) electrons. The van der Waals surface area contributed by atoms with E-state index in [2.05, 4.69) is 14.1 Å². The minimum absolute atomic E-state index is 0. The minimum atomic E-state index is -1.50. The van der Waals surface area contributed by atoms with Gasteiger partial charge in [0.25, 0.3) is 0 Å².